The summed E-state index contributed by atoms with van der Waals surface area (Å²) in [7, 11) is 1.56. The van der Waals surface area contributed by atoms with Gasteiger partial charge in [0.25, 0.3) is 6.43 Å². The fraction of sp³-hybridized carbons (Fsp3) is 0.571. The van der Waals surface area contributed by atoms with Crippen LogP contribution in [-0.2, 0) is 12.0 Å². The lowest BCUT2D eigenvalue weighted by atomic mass is 9.91. The second-order valence-corrected chi connectivity index (χ2v) is 5.05. The van der Waals surface area contributed by atoms with Gasteiger partial charge in [-0.3, -0.25) is 0 Å². The molecule has 1 N–H and O–H groups in total. The molecule has 0 spiro atoms. The molecule has 17 heavy (non-hydrogen) atoms. The molecular weight excluding hydrogens is 220 g/mol. The first-order chi connectivity index (χ1) is 7.90. The molecule has 0 heterocycles. The zero-order chi connectivity index (χ0) is 13.1. The normalized spacial score (nSPS) is 15.3. The van der Waals surface area contributed by atoms with E-state index < -0.39 is 12.0 Å². The lowest BCUT2D eigenvalue weighted by Crippen LogP contribution is -2.43. The number of hydrogen-bond donors (Lipinski definition) is 1. The van der Waals surface area contributed by atoms with Gasteiger partial charge in [-0.25, -0.2) is 8.78 Å². The minimum Gasteiger partial charge on any atom is -0.306 e. The predicted molar refractivity (Wildman–Crippen MR) is 67.4 cm³/mol. The second kappa shape index (κ2) is 5.58. The van der Waals surface area contributed by atoms with Crippen LogP contribution in [0.25, 0.3) is 0 Å². The van der Waals surface area contributed by atoms with E-state index in [0.717, 1.165) is 6.42 Å². The molecule has 1 aromatic carbocycles. The van der Waals surface area contributed by atoms with Crippen molar-refractivity contribution >= 4 is 0 Å². The van der Waals surface area contributed by atoms with Gasteiger partial charge in [0.2, 0.25) is 0 Å². The van der Waals surface area contributed by atoms with Crippen molar-refractivity contribution in [3.8, 4) is 0 Å². The summed E-state index contributed by atoms with van der Waals surface area (Å²) in [4.78, 5) is 0. The molecule has 0 aliphatic carbocycles. The quantitative estimate of drug-likeness (QED) is 0.830. The molecule has 0 bridgehead atoms. The minimum absolute atomic E-state index is 0.576. The molecule has 0 saturated heterocycles. The second-order valence-electron chi connectivity index (χ2n) is 5.05. The Hall–Kier alpha value is -0.960. The van der Waals surface area contributed by atoms with Gasteiger partial charge in [-0.1, -0.05) is 38.1 Å². The maximum absolute atomic E-state index is 13.0. The Morgan fingerprint density at radius 1 is 1.18 bits per heavy atom. The van der Waals surface area contributed by atoms with E-state index in [2.05, 4.69) is 19.2 Å². The minimum atomic E-state index is -2.43. The molecule has 1 nitrogen and oxygen atoms in total. The third-order valence-corrected chi connectivity index (χ3v) is 3.15. The first kappa shape index (κ1) is 14.1. The molecule has 0 radical (unpaired) electrons. The largest absolute Gasteiger partial charge is 0.306 e. The van der Waals surface area contributed by atoms with E-state index >= 15 is 0 Å². The predicted octanol–water partition coefficient (Wildman–Crippen LogP) is 3.58. The van der Waals surface area contributed by atoms with Gasteiger partial charge in [0.15, 0.2) is 0 Å². The van der Waals surface area contributed by atoms with Gasteiger partial charge in [-0.15, -0.1) is 0 Å². The third-order valence-electron chi connectivity index (χ3n) is 3.15. The standard InChI is InChI=1S/C14H21F2N/c1-10(2)9-11-5-7-12(8-6-11)14(3,17-4)13(15)16/h5-8,10,13,17H,9H2,1-4H3. The summed E-state index contributed by atoms with van der Waals surface area (Å²) in [6, 6.07) is 7.46. The van der Waals surface area contributed by atoms with E-state index in [0.29, 0.717) is 11.5 Å². The SMILES string of the molecule is CNC(C)(c1ccc(CC(C)C)cc1)C(F)F. The Bertz CT molecular complexity index is 346. The maximum atomic E-state index is 13.0. The van der Waals surface area contributed by atoms with Crippen molar-refractivity contribution in [2.45, 2.75) is 39.2 Å². The van der Waals surface area contributed by atoms with Gasteiger partial charge < -0.3 is 5.32 Å². The molecule has 3 heteroatoms. The van der Waals surface area contributed by atoms with Gasteiger partial charge in [-0.2, -0.15) is 0 Å². The van der Waals surface area contributed by atoms with Crippen molar-refractivity contribution in [3.05, 3.63) is 35.4 Å². The molecule has 1 aromatic rings. The van der Waals surface area contributed by atoms with Crippen LogP contribution in [-0.4, -0.2) is 13.5 Å². The Kier molecular flexibility index (Phi) is 4.63. The van der Waals surface area contributed by atoms with Gasteiger partial charge in [0, 0.05) is 0 Å². The van der Waals surface area contributed by atoms with Crippen molar-refractivity contribution < 1.29 is 8.78 Å². The van der Waals surface area contributed by atoms with E-state index in [4.69, 9.17) is 0 Å². The lowest BCUT2D eigenvalue weighted by Gasteiger charge is -2.29. The number of alkyl halides is 2. The average Bonchev–Trinajstić information content (AvgIpc) is 2.28. The van der Waals surface area contributed by atoms with Crippen LogP contribution in [0.15, 0.2) is 24.3 Å². The van der Waals surface area contributed by atoms with Crippen molar-refractivity contribution in [1.29, 1.82) is 0 Å². The highest BCUT2D eigenvalue weighted by molar-refractivity contribution is 5.29. The molecule has 0 amide bonds. The topological polar surface area (TPSA) is 12.0 Å². The summed E-state index contributed by atoms with van der Waals surface area (Å²) in [6.07, 6.45) is -1.45. The first-order valence-corrected chi connectivity index (χ1v) is 5.96. The van der Waals surface area contributed by atoms with Crippen molar-refractivity contribution in [2.24, 2.45) is 5.92 Å². The lowest BCUT2D eigenvalue weighted by molar-refractivity contribution is 0.0432. The maximum Gasteiger partial charge on any atom is 0.260 e. The van der Waals surface area contributed by atoms with Gasteiger partial charge in [0.05, 0.1) is 0 Å². The average molecular weight is 241 g/mol. The molecule has 0 aliphatic heterocycles. The molecule has 0 fully saturated rings. The van der Waals surface area contributed by atoms with Crippen LogP contribution in [0.4, 0.5) is 8.78 Å². The highest BCUT2D eigenvalue weighted by atomic mass is 19.3. The fourth-order valence-corrected chi connectivity index (χ4v) is 1.84. The summed E-state index contributed by atoms with van der Waals surface area (Å²) in [5.41, 5.74) is 0.551. The molecule has 0 aromatic heterocycles. The summed E-state index contributed by atoms with van der Waals surface area (Å²) < 4.78 is 26.0. The third kappa shape index (κ3) is 3.25. The highest BCUT2D eigenvalue weighted by Crippen LogP contribution is 2.28. The fourth-order valence-electron chi connectivity index (χ4n) is 1.84. The molecular formula is C14H21F2N. The van der Waals surface area contributed by atoms with Crippen LogP contribution >= 0.6 is 0 Å². The summed E-state index contributed by atoms with van der Waals surface area (Å²) in [6.45, 7) is 5.81. The molecule has 1 rings (SSSR count). The Balaban J connectivity index is 2.93. The Morgan fingerprint density at radius 2 is 1.71 bits per heavy atom. The zero-order valence-corrected chi connectivity index (χ0v) is 10.9. The van der Waals surface area contributed by atoms with Crippen molar-refractivity contribution in [3.63, 3.8) is 0 Å². The number of nitrogens with one attached hydrogen (secondary N) is 1. The molecule has 0 aliphatic rings. The van der Waals surface area contributed by atoms with Crippen molar-refractivity contribution in [1.82, 2.24) is 5.32 Å². The van der Waals surface area contributed by atoms with E-state index in [-0.39, 0.29) is 0 Å². The molecule has 1 atom stereocenters. The van der Waals surface area contributed by atoms with E-state index in [1.807, 2.05) is 12.1 Å². The zero-order valence-electron chi connectivity index (χ0n) is 10.9. The van der Waals surface area contributed by atoms with Gasteiger partial charge in [-0.05, 0) is 37.4 Å². The Labute approximate surface area is 102 Å². The summed E-state index contributed by atoms with van der Waals surface area (Å²) in [5, 5.41) is 2.70. The van der Waals surface area contributed by atoms with Gasteiger partial charge in [0.1, 0.15) is 5.54 Å². The van der Waals surface area contributed by atoms with Crippen molar-refractivity contribution in [2.75, 3.05) is 7.05 Å². The Morgan fingerprint density at radius 3 is 2.06 bits per heavy atom. The molecule has 96 valence electrons. The van der Waals surface area contributed by atoms with Crippen LogP contribution in [0.1, 0.15) is 31.9 Å². The number of rotatable bonds is 5. The monoisotopic (exact) mass is 241 g/mol. The first-order valence-electron chi connectivity index (χ1n) is 5.96. The number of benzene rings is 1. The van der Waals surface area contributed by atoms with Crippen LogP contribution in [0.3, 0.4) is 0 Å². The number of hydrogen-bond acceptors (Lipinski definition) is 1. The van der Waals surface area contributed by atoms with Crippen LogP contribution in [0.2, 0.25) is 0 Å². The van der Waals surface area contributed by atoms with E-state index in [1.54, 1.807) is 19.2 Å². The molecule has 0 saturated carbocycles. The molecule has 1 unspecified atom stereocenters. The van der Waals surface area contributed by atoms with E-state index in [9.17, 15) is 8.78 Å². The summed E-state index contributed by atoms with van der Waals surface area (Å²) >= 11 is 0. The van der Waals surface area contributed by atoms with Gasteiger partial charge >= 0.3 is 0 Å². The highest BCUT2D eigenvalue weighted by Gasteiger charge is 2.34. The smallest absolute Gasteiger partial charge is 0.260 e. The van der Waals surface area contributed by atoms with Crippen LogP contribution in [0.5, 0.6) is 0 Å². The number of halogens is 2. The van der Waals surface area contributed by atoms with E-state index in [1.165, 1.54) is 12.5 Å². The van der Waals surface area contributed by atoms with Crippen LogP contribution in [0, 0.1) is 5.92 Å². The summed E-state index contributed by atoms with van der Waals surface area (Å²) in [5.74, 6) is 0.576. The van der Waals surface area contributed by atoms with Crippen LogP contribution < -0.4 is 5.32 Å².